The SMILES string of the molecule is CNCC(=O)NC(Cc1ccccc1)CN1CCOCC1.Cl. The molecule has 2 rings (SSSR count). The van der Waals surface area contributed by atoms with Crippen LogP contribution in [0.3, 0.4) is 0 Å². The maximum atomic E-state index is 11.9. The van der Waals surface area contributed by atoms with Gasteiger partial charge in [0.1, 0.15) is 0 Å². The van der Waals surface area contributed by atoms with Gasteiger partial charge in [0.25, 0.3) is 0 Å². The summed E-state index contributed by atoms with van der Waals surface area (Å²) in [7, 11) is 1.79. The number of hydrogen-bond acceptors (Lipinski definition) is 4. The van der Waals surface area contributed by atoms with Crippen molar-refractivity contribution in [1.29, 1.82) is 0 Å². The average Bonchev–Trinajstić information content (AvgIpc) is 2.49. The Morgan fingerprint density at radius 3 is 2.59 bits per heavy atom. The molecule has 1 amide bonds. The first-order valence-corrected chi connectivity index (χ1v) is 7.56. The van der Waals surface area contributed by atoms with Gasteiger partial charge in [-0.2, -0.15) is 0 Å². The predicted molar refractivity (Wildman–Crippen MR) is 90.5 cm³/mol. The Morgan fingerprint density at radius 1 is 1.27 bits per heavy atom. The smallest absolute Gasteiger partial charge is 0.234 e. The number of carbonyl (C=O) groups excluding carboxylic acids is 1. The molecule has 0 saturated carbocycles. The number of nitrogens with one attached hydrogen (secondary N) is 2. The van der Waals surface area contributed by atoms with Crippen molar-refractivity contribution >= 4 is 18.3 Å². The number of morpholine rings is 1. The fraction of sp³-hybridized carbons (Fsp3) is 0.562. The van der Waals surface area contributed by atoms with Gasteiger partial charge in [0, 0.05) is 25.7 Å². The van der Waals surface area contributed by atoms with E-state index < -0.39 is 0 Å². The Hall–Kier alpha value is -1.14. The van der Waals surface area contributed by atoms with Crippen molar-refractivity contribution < 1.29 is 9.53 Å². The van der Waals surface area contributed by atoms with E-state index in [1.807, 2.05) is 18.2 Å². The topological polar surface area (TPSA) is 53.6 Å². The van der Waals surface area contributed by atoms with Gasteiger partial charge in [-0.25, -0.2) is 0 Å². The van der Waals surface area contributed by atoms with E-state index in [4.69, 9.17) is 4.74 Å². The molecule has 1 unspecified atom stereocenters. The van der Waals surface area contributed by atoms with Crippen molar-refractivity contribution in [2.75, 3.05) is 46.4 Å². The minimum absolute atomic E-state index is 0. The molecule has 1 aromatic rings. The van der Waals surface area contributed by atoms with E-state index in [0.29, 0.717) is 6.54 Å². The van der Waals surface area contributed by atoms with Gasteiger partial charge < -0.3 is 15.4 Å². The second-order valence-corrected chi connectivity index (χ2v) is 5.40. The number of likely N-dealkylation sites (N-methyl/N-ethyl adjacent to an activating group) is 1. The summed E-state index contributed by atoms with van der Waals surface area (Å²) in [6, 6.07) is 10.4. The largest absolute Gasteiger partial charge is 0.379 e. The summed E-state index contributed by atoms with van der Waals surface area (Å²) >= 11 is 0. The summed E-state index contributed by atoms with van der Waals surface area (Å²) in [5.74, 6) is 0.0479. The fourth-order valence-electron chi connectivity index (χ4n) is 2.59. The first-order chi connectivity index (χ1) is 10.3. The van der Waals surface area contributed by atoms with Crippen LogP contribution in [0.2, 0.25) is 0 Å². The van der Waals surface area contributed by atoms with E-state index >= 15 is 0 Å². The van der Waals surface area contributed by atoms with Gasteiger partial charge in [-0.05, 0) is 19.0 Å². The van der Waals surface area contributed by atoms with Crippen molar-refractivity contribution in [1.82, 2.24) is 15.5 Å². The van der Waals surface area contributed by atoms with Crippen LogP contribution in [0, 0.1) is 0 Å². The summed E-state index contributed by atoms with van der Waals surface area (Å²) in [5, 5.41) is 6.02. The van der Waals surface area contributed by atoms with Crippen LogP contribution in [0.4, 0.5) is 0 Å². The van der Waals surface area contributed by atoms with Crippen LogP contribution in [0.1, 0.15) is 5.56 Å². The number of halogens is 1. The third kappa shape index (κ3) is 6.75. The molecule has 22 heavy (non-hydrogen) atoms. The van der Waals surface area contributed by atoms with Gasteiger partial charge >= 0.3 is 0 Å². The number of ether oxygens (including phenoxy) is 1. The van der Waals surface area contributed by atoms with Gasteiger partial charge in [-0.1, -0.05) is 30.3 Å². The van der Waals surface area contributed by atoms with Gasteiger partial charge in [0.05, 0.1) is 19.8 Å². The lowest BCUT2D eigenvalue weighted by molar-refractivity contribution is -0.121. The van der Waals surface area contributed by atoms with Gasteiger partial charge in [-0.15, -0.1) is 12.4 Å². The Morgan fingerprint density at radius 2 is 1.95 bits per heavy atom. The number of amides is 1. The van der Waals surface area contributed by atoms with Crippen LogP contribution in [-0.2, 0) is 16.0 Å². The van der Waals surface area contributed by atoms with E-state index in [2.05, 4.69) is 27.7 Å². The Bertz CT molecular complexity index is 425. The maximum absolute atomic E-state index is 11.9. The summed E-state index contributed by atoms with van der Waals surface area (Å²) in [6.45, 7) is 4.66. The highest BCUT2D eigenvalue weighted by atomic mass is 35.5. The predicted octanol–water partition coefficient (Wildman–Crippen LogP) is 0.687. The second-order valence-electron chi connectivity index (χ2n) is 5.40. The van der Waals surface area contributed by atoms with Gasteiger partial charge in [0.15, 0.2) is 0 Å². The zero-order valence-corrected chi connectivity index (χ0v) is 13.9. The third-order valence-corrected chi connectivity index (χ3v) is 3.61. The van der Waals surface area contributed by atoms with Crippen LogP contribution in [0.25, 0.3) is 0 Å². The van der Waals surface area contributed by atoms with E-state index in [1.165, 1.54) is 5.56 Å². The summed E-state index contributed by atoms with van der Waals surface area (Å²) in [6.07, 6.45) is 0.855. The van der Waals surface area contributed by atoms with Crippen LogP contribution in [-0.4, -0.2) is 63.3 Å². The fourth-order valence-corrected chi connectivity index (χ4v) is 2.59. The van der Waals surface area contributed by atoms with E-state index in [0.717, 1.165) is 39.3 Å². The lowest BCUT2D eigenvalue weighted by atomic mass is 10.1. The molecular formula is C16H26ClN3O2. The highest BCUT2D eigenvalue weighted by molar-refractivity contribution is 5.85. The highest BCUT2D eigenvalue weighted by Crippen LogP contribution is 2.06. The van der Waals surface area contributed by atoms with Crippen molar-refractivity contribution in [2.45, 2.75) is 12.5 Å². The standard InChI is InChI=1S/C16H25N3O2.ClH/c1-17-12-16(20)18-15(11-14-5-3-2-4-6-14)13-19-7-9-21-10-8-19;/h2-6,15,17H,7-13H2,1H3,(H,18,20);1H. The van der Waals surface area contributed by atoms with Crippen molar-refractivity contribution in [3.05, 3.63) is 35.9 Å². The minimum Gasteiger partial charge on any atom is -0.379 e. The van der Waals surface area contributed by atoms with Crippen molar-refractivity contribution in [2.24, 2.45) is 0 Å². The Kier molecular flexibility index (Phi) is 9.08. The number of hydrogen-bond donors (Lipinski definition) is 2. The molecule has 0 spiro atoms. The zero-order chi connectivity index (χ0) is 14.9. The molecule has 0 radical (unpaired) electrons. The van der Waals surface area contributed by atoms with E-state index in [-0.39, 0.29) is 24.4 Å². The molecular weight excluding hydrogens is 302 g/mol. The molecule has 0 aliphatic carbocycles. The minimum atomic E-state index is 0. The third-order valence-electron chi connectivity index (χ3n) is 3.61. The lowest BCUT2D eigenvalue weighted by Gasteiger charge is -2.31. The molecule has 1 atom stereocenters. The van der Waals surface area contributed by atoms with Crippen molar-refractivity contribution in [3.63, 3.8) is 0 Å². The zero-order valence-electron chi connectivity index (χ0n) is 13.1. The Balaban J connectivity index is 0.00000242. The lowest BCUT2D eigenvalue weighted by Crippen LogP contribution is -2.49. The molecule has 1 aliphatic rings. The molecule has 1 aromatic carbocycles. The molecule has 1 fully saturated rings. The monoisotopic (exact) mass is 327 g/mol. The van der Waals surface area contributed by atoms with Crippen LogP contribution < -0.4 is 10.6 Å². The van der Waals surface area contributed by atoms with Crippen LogP contribution in [0.5, 0.6) is 0 Å². The molecule has 6 heteroatoms. The average molecular weight is 328 g/mol. The molecule has 1 heterocycles. The summed E-state index contributed by atoms with van der Waals surface area (Å²) < 4.78 is 5.38. The van der Waals surface area contributed by atoms with Gasteiger partial charge in [0.2, 0.25) is 5.91 Å². The first-order valence-electron chi connectivity index (χ1n) is 7.56. The second kappa shape index (κ2) is 10.6. The van der Waals surface area contributed by atoms with Crippen LogP contribution in [0.15, 0.2) is 30.3 Å². The number of carbonyl (C=O) groups is 1. The van der Waals surface area contributed by atoms with Crippen LogP contribution >= 0.6 is 12.4 Å². The molecule has 124 valence electrons. The molecule has 0 bridgehead atoms. The molecule has 0 aromatic heterocycles. The number of benzene rings is 1. The first kappa shape index (κ1) is 18.9. The van der Waals surface area contributed by atoms with E-state index in [9.17, 15) is 4.79 Å². The van der Waals surface area contributed by atoms with Gasteiger partial charge in [-0.3, -0.25) is 9.69 Å². The van der Waals surface area contributed by atoms with Crippen molar-refractivity contribution in [3.8, 4) is 0 Å². The summed E-state index contributed by atoms with van der Waals surface area (Å²) in [4.78, 5) is 14.2. The maximum Gasteiger partial charge on any atom is 0.234 e. The number of rotatable bonds is 7. The molecule has 1 aliphatic heterocycles. The molecule has 2 N–H and O–H groups in total. The quantitative estimate of drug-likeness (QED) is 0.773. The Labute approximate surface area is 138 Å². The van der Waals surface area contributed by atoms with E-state index in [1.54, 1.807) is 7.05 Å². The summed E-state index contributed by atoms with van der Waals surface area (Å²) in [5.41, 5.74) is 1.25. The number of nitrogens with zero attached hydrogens (tertiary/aromatic N) is 1. The molecule has 1 saturated heterocycles. The highest BCUT2D eigenvalue weighted by Gasteiger charge is 2.18. The molecule has 5 nitrogen and oxygen atoms in total. The normalized spacial score (nSPS) is 16.6.